The summed E-state index contributed by atoms with van der Waals surface area (Å²) in [4.78, 5) is 13.9. The Labute approximate surface area is 182 Å². The van der Waals surface area contributed by atoms with Crippen molar-refractivity contribution in [3.63, 3.8) is 0 Å². The predicted molar refractivity (Wildman–Crippen MR) is 118 cm³/mol. The van der Waals surface area contributed by atoms with Gasteiger partial charge in [0.1, 0.15) is 5.75 Å². The molecule has 162 valence electrons. The molecule has 1 amide bonds. The number of hydrogen-bond acceptors (Lipinski definition) is 5. The molecule has 0 radical (unpaired) electrons. The molecule has 7 nitrogen and oxygen atoms in total. The average molecular weight is 452 g/mol. The number of halogens is 1. The van der Waals surface area contributed by atoms with Crippen molar-refractivity contribution in [1.82, 2.24) is 9.62 Å². The fourth-order valence-electron chi connectivity index (χ4n) is 3.39. The number of rotatable bonds is 6. The zero-order valence-electron chi connectivity index (χ0n) is 17.3. The first-order valence-electron chi connectivity index (χ1n) is 9.72. The van der Waals surface area contributed by atoms with Gasteiger partial charge in [0.15, 0.2) is 6.10 Å². The summed E-state index contributed by atoms with van der Waals surface area (Å²) in [5, 5.41) is 3.17. The summed E-state index contributed by atoms with van der Waals surface area (Å²) in [6.45, 7) is 5.60. The van der Waals surface area contributed by atoms with Gasteiger partial charge in [0.05, 0.1) is 4.90 Å². The average Bonchev–Trinajstić information content (AvgIpc) is 2.75. The SMILES string of the molecule is CNC(=O)[C@@H](C)Oc1ccc(S(=O)(=O)N2CCN(c3cc(Cl)ccc3C)CC2)cc1. The number of benzene rings is 2. The molecule has 1 heterocycles. The predicted octanol–water partition coefficient (Wildman–Crippen LogP) is 2.67. The second-order valence-corrected chi connectivity index (χ2v) is 9.54. The van der Waals surface area contributed by atoms with Crippen molar-refractivity contribution in [2.75, 3.05) is 38.1 Å². The number of nitrogens with one attached hydrogen (secondary N) is 1. The molecule has 1 fully saturated rings. The highest BCUT2D eigenvalue weighted by Gasteiger charge is 2.29. The Hall–Kier alpha value is -2.29. The minimum Gasteiger partial charge on any atom is -0.481 e. The number of aryl methyl sites for hydroxylation is 1. The topological polar surface area (TPSA) is 78.9 Å². The van der Waals surface area contributed by atoms with Gasteiger partial charge < -0.3 is 15.0 Å². The Morgan fingerprint density at radius 3 is 2.33 bits per heavy atom. The van der Waals surface area contributed by atoms with Gasteiger partial charge in [-0.15, -0.1) is 0 Å². The molecule has 0 spiro atoms. The normalized spacial score (nSPS) is 16.2. The van der Waals surface area contributed by atoms with Crippen LogP contribution in [0.2, 0.25) is 5.02 Å². The standard InChI is InChI=1S/C21H26ClN3O4S/c1-15-4-5-17(22)14-20(15)24-10-12-25(13-11-24)30(27,28)19-8-6-18(7-9-19)29-16(2)21(26)23-3/h4-9,14,16H,10-13H2,1-3H3,(H,23,26)/t16-/m1/s1. The minimum absolute atomic E-state index is 0.204. The molecule has 1 N–H and O–H groups in total. The van der Waals surface area contributed by atoms with Crippen LogP contribution in [0.5, 0.6) is 5.75 Å². The zero-order chi connectivity index (χ0) is 21.9. The number of amides is 1. The summed E-state index contributed by atoms with van der Waals surface area (Å²) < 4.78 is 33.1. The summed E-state index contributed by atoms with van der Waals surface area (Å²) in [7, 11) is -2.07. The van der Waals surface area contributed by atoms with Gasteiger partial charge in [0, 0.05) is 43.9 Å². The quantitative estimate of drug-likeness (QED) is 0.730. The van der Waals surface area contributed by atoms with E-state index in [2.05, 4.69) is 10.2 Å². The summed E-state index contributed by atoms with van der Waals surface area (Å²) in [5.74, 6) is 0.186. The van der Waals surface area contributed by atoms with Crippen molar-refractivity contribution < 1.29 is 17.9 Å². The third kappa shape index (κ3) is 4.88. The molecular weight excluding hydrogens is 426 g/mol. The molecule has 2 aromatic rings. The maximum atomic E-state index is 13.0. The van der Waals surface area contributed by atoms with Gasteiger partial charge in [-0.3, -0.25) is 4.79 Å². The van der Waals surface area contributed by atoms with Crippen LogP contribution < -0.4 is 15.0 Å². The van der Waals surface area contributed by atoms with E-state index in [4.69, 9.17) is 16.3 Å². The van der Waals surface area contributed by atoms with E-state index < -0.39 is 16.1 Å². The Balaban J connectivity index is 1.66. The summed E-state index contributed by atoms with van der Waals surface area (Å²) >= 11 is 6.12. The van der Waals surface area contributed by atoms with Crippen molar-refractivity contribution >= 4 is 33.2 Å². The Morgan fingerprint density at radius 1 is 1.10 bits per heavy atom. The molecule has 0 unspecified atom stereocenters. The lowest BCUT2D eigenvalue weighted by Gasteiger charge is -2.36. The number of nitrogens with zero attached hydrogens (tertiary/aromatic N) is 2. The van der Waals surface area contributed by atoms with Crippen LogP contribution in [0.1, 0.15) is 12.5 Å². The van der Waals surface area contributed by atoms with Gasteiger partial charge in [-0.05, 0) is 55.8 Å². The molecular formula is C21H26ClN3O4S. The van der Waals surface area contributed by atoms with Crippen molar-refractivity contribution in [2.24, 2.45) is 0 Å². The number of sulfonamides is 1. The Morgan fingerprint density at radius 2 is 1.73 bits per heavy atom. The van der Waals surface area contributed by atoms with Gasteiger partial charge in [0.2, 0.25) is 10.0 Å². The number of ether oxygens (including phenoxy) is 1. The van der Waals surface area contributed by atoms with E-state index in [9.17, 15) is 13.2 Å². The van der Waals surface area contributed by atoms with E-state index in [1.807, 2.05) is 25.1 Å². The van der Waals surface area contributed by atoms with Crippen LogP contribution in [-0.4, -0.2) is 58.0 Å². The minimum atomic E-state index is -3.61. The van der Waals surface area contributed by atoms with E-state index in [1.54, 1.807) is 19.1 Å². The number of carbonyl (C=O) groups is 1. The number of carbonyl (C=O) groups excluding carboxylic acids is 1. The summed E-state index contributed by atoms with van der Waals surface area (Å²) in [6, 6.07) is 11.9. The lowest BCUT2D eigenvalue weighted by molar-refractivity contribution is -0.126. The largest absolute Gasteiger partial charge is 0.481 e. The van der Waals surface area contributed by atoms with Crippen molar-refractivity contribution in [2.45, 2.75) is 24.8 Å². The number of hydrogen-bond donors (Lipinski definition) is 1. The summed E-state index contributed by atoms with van der Waals surface area (Å²) in [5.41, 5.74) is 2.14. The molecule has 30 heavy (non-hydrogen) atoms. The first-order chi connectivity index (χ1) is 14.2. The number of likely N-dealkylation sites (N-methyl/N-ethyl adjacent to an activating group) is 1. The fourth-order valence-corrected chi connectivity index (χ4v) is 4.98. The second kappa shape index (κ2) is 9.24. The van der Waals surface area contributed by atoms with Gasteiger partial charge in [0.25, 0.3) is 5.91 Å². The lowest BCUT2D eigenvalue weighted by Crippen LogP contribution is -2.48. The zero-order valence-corrected chi connectivity index (χ0v) is 18.8. The van der Waals surface area contributed by atoms with E-state index in [1.165, 1.54) is 23.5 Å². The molecule has 3 rings (SSSR count). The highest BCUT2D eigenvalue weighted by atomic mass is 35.5. The summed E-state index contributed by atoms with van der Waals surface area (Å²) in [6.07, 6.45) is -0.666. The highest BCUT2D eigenvalue weighted by molar-refractivity contribution is 7.89. The van der Waals surface area contributed by atoms with Crippen molar-refractivity contribution in [1.29, 1.82) is 0 Å². The van der Waals surface area contributed by atoms with E-state index >= 15 is 0 Å². The molecule has 9 heteroatoms. The van der Waals surface area contributed by atoms with Crippen LogP contribution in [-0.2, 0) is 14.8 Å². The van der Waals surface area contributed by atoms with Crippen LogP contribution in [0.25, 0.3) is 0 Å². The van der Waals surface area contributed by atoms with Crippen LogP contribution in [0.15, 0.2) is 47.4 Å². The van der Waals surface area contributed by atoms with Gasteiger partial charge in [-0.2, -0.15) is 4.31 Å². The maximum absolute atomic E-state index is 13.0. The van der Waals surface area contributed by atoms with Gasteiger partial charge in [-0.1, -0.05) is 17.7 Å². The second-order valence-electron chi connectivity index (χ2n) is 7.17. The molecule has 1 aliphatic rings. The molecule has 2 aromatic carbocycles. The van der Waals surface area contributed by atoms with Gasteiger partial charge >= 0.3 is 0 Å². The number of piperazine rings is 1. The van der Waals surface area contributed by atoms with E-state index in [-0.39, 0.29) is 10.8 Å². The molecule has 0 aliphatic carbocycles. The first-order valence-corrected chi connectivity index (χ1v) is 11.5. The van der Waals surface area contributed by atoms with Crippen LogP contribution >= 0.6 is 11.6 Å². The lowest BCUT2D eigenvalue weighted by atomic mass is 10.1. The first kappa shape index (κ1) is 22.4. The fraction of sp³-hybridized carbons (Fsp3) is 0.381. The van der Waals surface area contributed by atoms with Crippen molar-refractivity contribution in [3.05, 3.63) is 53.1 Å². The Bertz CT molecular complexity index is 1000. The van der Waals surface area contributed by atoms with Crippen LogP contribution in [0.3, 0.4) is 0 Å². The Kier molecular flexibility index (Phi) is 6.90. The number of anilines is 1. The molecule has 1 aliphatic heterocycles. The molecule has 0 aromatic heterocycles. The smallest absolute Gasteiger partial charge is 0.260 e. The molecule has 0 saturated carbocycles. The van der Waals surface area contributed by atoms with Crippen LogP contribution in [0, 0.1) is 6.92 Å². The third-order valence-electron chi connectivity index (χ3n) is 5.14. The molecule has 0 bridgehead atoms. The van der Waals surface area contributed by atoms with Gasteiger partial charge in [-0.25, -0.2) is 8.42 Å². The van der Waals surface area contributed by atoms with E-state index in [0.717, 1.165) is 11.3 Å². The molecule has 1 saturated heterocycles. The molecule has 1 atom stereocenters. The highest BCUT2D eigenvalue weighted by Crippen LogP contribution is 2.27. The van der Waals surface area contributed by atoms with Crippen molar-refractivity contribution in [3.8, 4) is 5.75 Å². The maximum Gasteiger partial charge on any atom is 0.260 e. The van der Waals surface area contributed by atoms with E-state index in [0.29, 0.717) is 37.0 Å². The van der Waals surface area contributed by atoms with Crippen LogP contribution in [0.4, 0.5) is 5.69 Å². The monoisotopic (exact) mass is 451 g/mol. The third-order valence-corrected chi connectivity index (χ3v) is 7.29.